The van der Waals surface area contributed by atoms with Crippen LogP contribution in [0.2, 0.25) is 0 Å². The van der Waals surface area contributed by atoms with E-state index in [0.717, 1.165) is 21.2 Å². The van der Waals surface area contributed by atoms with Gasteiger partial charge in [-0.05, 0) is 23.8 Å². The van der Waals surface area contributed by atoms with Crippen molar-refractivity contribution in [3.63, 3.8) is 0 Å². The van der Waals surface area contributed by atoms with E-state index < -0.39 is 0 Å². The molecule has 0 amide bonds. The minimum atomic E-state index is -0.0801. The lowest BCUT2D eigenvalue weighted by molar-refractivity contribution is -0.121. The Morgan fingerprint density at radius 3 is 2.50 bits per heavy atom. The molecule has 5 rings (SSSR count). The van der Waals surface area contributed by atoms with Gasteiger partial charge in [0, 0.05) is 26.8 Å². The van der Waals surface area contributed by atoms with Crippen molar-refractivity contribution in [2.45, 2.75) is 0 Å². The molecule has 0 saturated carbocycles. The molecule has 32 heavy (non-hydrogen) atoms. The van der Waals surface area contributed by atoms with Gasteiger partial charge < -0.3 is 14.3 Å². The van der Waals surface area contributed by atoms with Gasteiger partial charge in [0.2, 0.25) is 5.78 Å². The summed E-state index contributed by atoms with van der Waals surface area (Å²) in [5.74, 6) is 0.0841. The zero-order valence-corrected chi connectivity index (χ0v) is 17.3. The van der Waals surface area contributed by atoms with Crippen LogP contribution in [0.1, 0.15) is 15.2 Å². The number of ketones is 1. The van der Waals surface area contributed by atoms with E-state index in [4.69, 9.17) is 9.15 Å². The lowest BCUT2D eigenvalue weighted by atomic mass is 9.97. The first-order chi connectivity index (χ1) is 15.7. The molecule has 0 aliphatic rings. The number of ether oxygens (including phenoxy) is 1. The van der Waals surface area contributed by atoms with E-state index in [1.54, 1.807) is 24.3 Å². The Bertz CT molecular complexity index is 1430. The zero-order valence-electron chi connectivity index (χ0n) is 16.5. The molecule has 0 atom stereocenters. The van der Waals surface area contributed by atoms with Crippen LogP contribution < -0.4 is 4.74 Å². The topological polar surface area (TPSA) is 89.6 Å². The molecule has 156 valence electrons. The molecule has 0 spiro atoms. The SMILES string of the molecule is O=COc1ocnc1-c1ccc(-c2c(C(=O)c3ccccc3)sc3cc(O)ccc23)cc1. The summed E-state index contributed by atoms with van der Waals surface area (Å²) in [6.07, 6.45) is 1.21. The molecule has 3 aromatic carbocycles. The van der Waals surface area contributed by atoms with E-state index in [1.807, 2.05) is 48.5 Å². The van der Waals surface area contributed by atoms with Crippen molar-refractivity contribution >= 4 is 33.7 Å². The highest BCUT2D eigenvalue weighted by atomic mass is 32.1. The van der Waals surface area contributed by atoms with Gasteiger partial charge in [0.15, 0.2) is 12.1 Å². The van der Waals surface area contributed by atoms with Crippen LogP contribution in [0.15, 0.2) is 83.6 Å². The molecule has 0 aliphatic heterocycles. The number of oxazole rings is 1. The van der Waals surface area contributed by atoms with Crippen LogP contribution in [-0.4, -0.2) is 22.3 Å². The molecular formula is C25H15NO5S. The third kappa shape index (κ3) is 3.44. The molecule has 2 heterocycles. The van der Waals surface area contributed by atoms with E-state index in [-0.39, 0.29) is 24.0 Å². The van der Waals surface area contributed by atoms with Crippen LogP contribution in [-0.2, 0) is 4.79 Å². The second kappa shape index (κ2) is 8.13. The molecule has 0 radical (unpaired) electrons. The maximum atomic E-state index is 13.3. The molecule has 5 aromatic rings. The quantitative estimate of drug-likeness (QED) is 0.269. The molecule has 0 fully saturated rings. The van der Waals surface area contributed by atoms with Crippen molar-refractivity contribution in [2.24, 2.45) is 0 Å². The van der Waals surface area contributed by atoms with Crippen molar-refractivity contribution in [3.8, 4) is 34.1 Å². The lowest BCUT2D eigenvalue weighted by Crippen LogP contribution is -2.00. The van der Waals surface area contributed by atoms with Crippen LogP contribution >= 0.6 is 11.3 Å². The van der Waals surface area contributed by atoms with E-state index in [9.17, 15) is 14.7 Å². The van der Waals surface area contributed by atoms with Gasteiger partial charge in [-0.1, -0.05) is 54.6 Å². The molecular weight excluding hydrogens is 426 g/mol. The highest BCUT2D eigenvalue weighted by molar-refractivity contribution is 7.21. The molecule has 0 unspecified atom stereocenters. The molecule has 0 aliphatic carbocycles. The third-order valence-corrected chi connectivity index (χ3v) is 6.20. The summed E-state index contributed by atoms with van der Waals surface area (Å²) in [5, 5.41) is 10.8. The first-order valence-corrected chi connectivity index (χ1v) is 10.5. The van der Waals surface area contributed by atoms with Gasteiger partial charge in [0.25, 0.3) is 0 Å². The Labute approximate surface area is 186 Å². The summed E-state index contributed by atoms with van der Waals surface area (Å²) in [6, 6.07) is 21.6. The van der Waals surface area contributed by atoms with Crippen molar-refractivity contribution in [2.75, 3.05) is 0 Å². The fourth-order valence-corrected chi connectivity index (χ4v) is 4.82. The number of hydrogen-bond acceptors (Lipinski definition) is 7. The number of nitrogens with zero attached hydrogens (tertiary/aromatic N) is 1. The standard InChI is InChI=1S/C25H15NO5S/c27-14-31-25-22(26-13-30-25)16-8-6-15(7-9-16)21-19-11-10-18(28)12-20(19)32-24(21)23(29)17-4-2-1-3-5-17/h1-14,28H. The predicted octanol–water partition coefficient (Wildman–Crippen LogP) is 5.70. The van der Waals surface area contributed by atoms with Gasteiger partial charge in [-0.15, -0.1) is 11.3 Å². The Kier molecular flexibility index (Phi) is 5.01. The largest absolute Gasteiger partial charge is 0.508 e. The first kappa shape index (κ1) is 19.7. The van der Waals surface area contributed by atoms with Crippen LogP contribution in [0, 0.1) is 0 Å². The number of hydrogen-bond donors (Lipinski definition) is 1. The van der Waals surface area contributed by atoms with Gasteiger partial charge in [0.1, 0.15) is 5.75 Å². The average Bonchev–Trinajstić information content (AvgIpc) is 3.44. The number of carbonyl (C=O) groups excluding carboxylic acids is 2. The van der Waals surface area contributed by atoms with Crippen molar-refractivity contribution in [1.82, 2.24) is 4.98 Å². The van der Waals surface area contributed by atoms with E-state index in [1.165, 1.54) is 17.7 Å². The van der Waals surface area contributed by atoms with Crippen molar-refractivity contribution in [1.29, 1.82) is 0 Å². The van der Waals surface area contributed by atoms with Crippen LogP contribution in [0.3, 0.4) is 0 Å². The normalized spacial score (nSPS) is 10.9. The lowest BCUT2D eigenvalue weighted by Gasteiger charge is -2.07. The van der Waals surface area contributed by atoms with Crippen LogP contribution in [0.5, 0.6) is 11.7 Å². The summed E-state index contributed by atoms with van der Waals surface area (Å²) >= 11 is 1.35. The highest BCUT2D eigenvalue weighted by Gasteiger charge is 2.22. The van der Waals surface area contributed by atoms with Gasteiger partial charge in [-0.25, -0.2) is 4.98 Å². The maximum absolute atomic E-state index is 13.3. The second-order valence-corrected chi connectivity index (χ2v) is 8.01. The number of fused-ring (bicyclic) bond motifs is 1. The Balaban J connectivity index is 1.64. The molecule has 0 saturated heterocycles. The summed E-state index contributed by atoms with van der Waals surface area (Å²) in [6.45, 7) is 0.284. The summed E-state index contributed by atoms with van der Waals surface area (Å²) in [5.41, 5.74) is 3.34. The number of carbonyl (C=O) groups is 2. The van der Waals surface area contributed by atoms with Crippen LogP contribution in [0.25, 0.3) is 32.5 Å². The van der Waals surface area contributed by atoms with Gasteiger partial charge >= 0.3 is 12.4 Å². The number of benzene rings is 3. The highest BCUT2D eigenvalue weighted by Crippen LogP contribution is 2.42. The minimum Gasteiger partial charge on any atom is -0.508 e. The first-order valence-electron chi connectivity index (χ1n) is 9.65. The summed E-state index contributed by atoms with van der Waals surface area (Å²) in [7, 11) is 0. The Morgan fingerprint density at radius 1 is 1.00 bits per heavy atom. The molecule has 0 bridgehead atoms. The zero-order chi connectivity index (χ0) is 22.1. The number of thiophene rings is 1. The van der Waals surface area contributed by atoms with E-state index in [2.05, 4.69) is 4.98 Å². The second-order valence-electron chi connectivity index (χ2n) is 6.96. The molecule has 2 aromatic heterocycles. The van der Waals surface area contributed by atoms with Gasteiger partial charge in [-0.3, -0.25) is 9.59 Å². The number of phenols is 1. The number of phenolic OH excluding ortho intramolecular Hbond substituents is 1. The number of rotatable bonds is 6. The van der Waals surface area contributed by atoms with E-state index in [0.29, 0.717) is 21.7 Å². The molecule has 7 heteroatoms. The monoisotopic (exact) mass is 441 g/mol. The number of aromatic hydroxyl groups is 1. The van der Waals surface area contributed by atoms with Gasteiger partial charge in [-0.2, -0.15) is 0 Å². The van der Waals surface area contributed by atoms with Crippen LogP contribution in [0.4, 0.5) is 0 Å². The summed E-state index contributed by atoms with van der Waals surface area (Å²) < 4.78 is 10.7. The number of aromatic nitrogens is 1. The molecule has 1 N–H and O–H groups in total. The maximum Gasteiger partial charge on any atom is 0.321 e. The Hall–Kier alpha value is -4.23. The minimum absolute atomic E-state index is 0.0177. The van der Waals surface area contributed by atoms with Crippen molar-refractivity contribution in [3.05, 3.63) is 89.6 Å². The van der Waals surface area contributed by atoms with Crippen molar-refractivity contribution < 1.29 is 23.8 Å². The fourth-order valence-electron chi connectivity index (χ4n) is 3.60. The summed E-state index contributed by atoms with van der Waals surface area (Å²) in [4.78, 5) is 28.7. The average molecular weight is 441 g/mol. The molecule has 6 nitrogen and oxygen atoms in total. The predicted molar refractivity (Wildman–Crippen MR) is 121 cm³/mol. The van der Waals surface area contributed by atoms with Gasteiger partial charge in [0.05, 0.1) is 4.88 Å². The Morgan fingerprint density at radius 2 is 1.75 bits per heavy atom. The fraction of sp³-hybridized carbons (Fsp3) is 0. The van der Waals surface area contributed by atoms with E-state index >= 15 is 0 Å². The smallest absolute Gasteiger partial charge is 0.321 e. The third-order valence-electron chi connectivity index (χ3n) is 5.05.